The maximum Gasteiger partial charge on any atom is 0.265 e. The van der Waals surface area contributed by atoms with E-state index in [0.717, 1.165) is 5.52 Å². The van der Waals surface area contributed by atoms with Crippen LogP contribution in [0.4, 0.5) is 5.69 Å². The Balaban J connectivity index is 1.49. The number of fused-ring (bicyclic) bond motifs is 4. The molecule has 0 saturated heterocycles. The van der Waals surface area contributed by atoms with Crippen LogP contribution >= 0.6 is 11.6 Å². The van der Waals surface area contributed by atoms with Gasteiger partial charge in [0.15, 0.2) is 11.2 Å². The molecule has 0 atom stereocenters. The molecule has 6 aromatic rings. The van der Waals surface area contributed by atoms with Crippen molar-refractivity contribution >= 4 is 51.3 Å². The van der Waals surface area contributed by atoms with E-state index >= 15 is 0 Å². The van der Waals surface area contributed by atoms with Crippen LogP contribution in [0.25, 0.3) is 45.4 Å². The fourth-order valence-electron chi connectivity index (χ4n) is 4.21. The second-order valence-electron chi connectivity index (χ2n) is 8.06. The van der Waals surface area contributed by atoms with Gasteiger partial charge in [-0.25, -0.2) is 9.97 Å². The number of hydrogen-bond acceptors (Lipinski definition) is 6. The maximum atomic E-state index is 13.5. The van der Waals surface area contributed by atoms with Gasteiger partial charge in [0.05, 0.1) is 32.4 Å². The second-order valence-corrected chi connectivity index (χ2v) is 8.47. The molecule has 0 unspecified atom stereocenters. The molecule has 3 heterocycles. The lowest BCUT2D eigenvalue weighted by Crippen LogP contribution is -2.34. The molecule has 0 aliphatic carbocycles. The highest BCUT2D eigenvalue weighted by Gasteiger charge is 2.16. The molecule has 0 aliphatic rings. The molecule has 3 aromatic heterocycles. The van der Waals surface area contributed by atoms with Crippen molar-refractivity contribution in [2.75, 3.05) is 5.32 Å². The van der Waals surface area contributed by atoms with E-state index in [0.29, 0.717) is 60.8 Å². The van der Waals surface area contributed by atoms with Crippen LogP contribution in [-0.2, 0) is 0 Å². The first kappa shape index (κ1) is 20.9. The van der Waals surface area contributed by atoms with E-state index in [9.17, 15) is 10.1 Å². The lowest BCUT2D eigenvalue weighted by atomic mass is 10.1. The number of imidazole rings is 1. The van der Waals surface area contributed by atoms with Gasteiger partial charge in [0, 0.05) is 11.9 Å². The normalized spacial score (nSPS) is 12.0. The van der Waals surface area contributed by atoms with Crippen LogP contribution in [0.15, 0.2) is 75.9 Å². The van der Waals surface area contributed by atoms with Crippen LogP contribution in [0, 0.1) is 18.3 Å². The van der Waals surface area contributed by atoms with Crippen molar-refractivity contribution in [3.8, 4) is 17.5 Å². The number of anilines is 1. The van der Waals surface area contributed by atoms with E-state index in [-0.39, 0.29) is 5.56 Å². The highest BCUT2D eigenvalue weighted by Crippen LogP contribution is 2.32. The zero-order valence-corrected chi connectivity index (χ0v) is 19.2. The zero-order valence-electron chi connectivity index (χ0n) is 18.4. The highest BCUT2D eigenvalue weighted by atomic mass is 35.5. The minimum Gasteiger partial charge on any atom is -0.436 e. The molecular weight excluding hydrogens is 462 g/mol. The summed E-state index contributed by atoms with van der Waals surface area (Å²) in [6, 6.07) is 22.3. The summed E-state index contributed by atoms with van der Waals surface area (Å²) in [6.45, 7) is 1.75. The largest absolute Gasteiger partial charge is 0.436 e. The Morgan fingerprint density at radius 2 is 1.83 bits per heavy atom. The van der Waals surface area contributed by atoms with Crippen LogP contribution in [0.3, 0.4) is 0 Å². The Morgan fingerprint density at radius 1 is 1.06 bits per heavy atom. The third-order valence-electron chi connectivity index (χ3n) is 5.98. The summed E-state index contributed by atoms with van der Waals surface area (Å²) < 4.78 is 7.36. The van der Waals surface area contributed by atoms with Gasteiger partial charge >= 0.3 is 0 Å². The summed E-state index contributed by atoms with van der Waals surface area (Å²) in [4.78, 5) is 22.5. The van der Waals surface area contributed by atoms with Gasteiger partial charge in [-0.15, -0.1) is 0 Å². The summed E-state index contributed by atoms with van der Waals surface area (Å²) in [5.74, 6) is 0.401. The monoisotopic (exact) mass is 477 g/mol. The number of nitrogens with zero attached hydrogens (tertiary/aromatic N) is 4. The molecule has 0 bridgehead atoms. The Kier molecular flexibility index (Phi) is 4.76. The number of aromatic nitrogens is 3. The predicted molar refractivity (Wildman–Crippen MR) is 136 cm³/mol. The molecule has 0 fully saturated rings. The molecular formula is C27H16ClN5O2. The smallest absolute Gasteiger partial charge is 0.265 e. The SMILES string of the molecule is Cc1c(C#N)c2nc3ccccc3n2c(=O)/c1=C/Nc1ccc(Cl)c(-c2nc3ccccc3o2)c1. The molecule has 7 nitrogen and oxygen atoms in total. The molecule has 3 aromatic carbocycles. The summed E-state index contributed by atoms with van der Waals surface area (Å²) in [5.41, 5.74) is 5.03. The van der Waals surface area contributed by atoms with Crippen molar-refractivity contribution in [1.29, 1.82) is 5.26 Å². The zero-order chi connectivity index (χ0) is 24.1. The first-order chi connectivity index (χ1) is 17.0. The van der Waals surface area contributed by atoms with Crippen molar-refractivity contribution in [3.63, 3.8) is 0 Å². The van der Waals surface area contributed by atoms with E-state index in [1.165, 1.54) is 4.40 Å². The summed E-state index contributed by atoms with van der Waals surface area (Å²) in [7, 11) is 0. The van der Waals surface area contributed by atoms with E-state index in [2.05, 4.69) is 21.4 Å². The first-order valence-corrected chi connectivity index (χ1v) is 11.2. The molecule has 8 heteroatoms. The average Bonchev–Trinajstić information content (AvgIpc) is 3.47. The minimum absolute atomic E-state index is 0.258. The van der Waals surface area contributed by atoms with Crippen LogP contribution < -0.4 is 16.1 Å². The van der Waals surface area contributed by atoms with Crippen molar-refractivity contribution in [1.82, 2.24) is 14.4 Å². The van der Waals surface area contributed by atoms with Crippen LogP contribution in [0.5, 0.6) is 0 Å². The number of pyridine rings is 1. The molecule has 35 heavy (non-hydrogen) atoms. The van der Waals surface area contributed by atoms with Crippen molar-refractivity contribution in [3.05, 3.63) is 98.5 Å². The summed E-state index contributed by atoms with van der Waals surface area (Å²) in [5, 5.41) is 13.9. The number of benzene rings is 3. The summed E-state index contributed by atoms with van der Waals surface area (Å²) in [6.07, 6.45) is 1.60. The van der Waals surface area contributed by atoms with Crippen LogP contribution in [0.2, 0.25) is 5.02 Å². The fourth-order valence-corrected chi connectivity index (χ4v) is 4.41. The fraction of sp³-hybridized carbons (Fsp3) is 0.0370. The van der Waals surface area contributed by atoms with E-state index in [1.807, 2.05) is 48.5 Å². The molecule has 168 valence electrons. The standard InChI is InChI=1S/C27H16ClN5O2/c1-15-18(13-29)25-31-21-6-2-4-8-23(21)33(25)27(34)19(15)14-30-16-10-11-20(28)17(12-16)26-32-22-7-3-5-9-24(22)35-26/h2-12,14,30H,1H3/b19-14+. The summed E-state index contributed by atoms with van der Waals surface area (Å²) >= 11 is 6.44. The minimum atomic E-state index is -0.258. The third kappa shape index (κ3) is 3.31. The third-order valence-corrected chi connectivity index (χ3v) is 6.31. The van der Waals surface area contributed by atoms with Gasteiger partial charge in [-0.1, -0.05) is 35.9 Å². The number of para-hydroxylation sites is 4. The molecule has 0 amide bonds. The van der Waals surface area contributed by atoms with Crippen molar-refractivity contribution in [2.24, 2.45) is 0 Å². The Labute approximate surface area is 203 Å². The number of oxazole rings is 1. The lowest BCUT2D eigenvalue weighted by molar-refractivity contribution is 0.620. The maximum absolute atomic E-state index is 13.5. The number of hydrogen-bond donors (Lipinski definition) is 1. The Bertz CT molecular complexity index is 1920. The molecule has 0 aliphatic heterocycles. The number of rotatable bonds is 3. The molecule has 6 rings (SSSR count). The van der Waals surface area contributed by atoms with E-state index in [1.54, 1.807) is 31.3 Å². The Hall–Kier alpha value is -4.67. The van der Waals surface area contributed by atoms with Crippen LogP contribution in [0.1, 0.15) is 11.1 Å². The van der Waals surface area contributed by atoms with Crippen LogP contribution in [-0.4, -0.2) is 14.4 Å². The van der Waals surface area contributed by atoms with Crippen molar-refractivity contribution in [2.45, 2.75) is 6.92 Å². The number of nitriles is 1. The number of halogens is 1. The Morgan fingerprint density at radius 3 is 2.63 bits per heavy atom. The van der Waals surface area contributed by atoms with Gasteiger partial charge in [0.1, 0.15) is 11.6 Å². The van der Waals surface area contributed by atoms with E-state index < -0.39 is 0 Å². The van der Waals surface area contributed by atoms with E-state index in [4.69, 9.17) is 16.0 Å². The molecule has 0 radical (unpaired) electrons. The highest BCUT2D eigenvalue weighted by molar-refractivity contribution is 6.33. The molecule has 1 N–H and O–H groups in total. The topological polar surface area (TPSA) is 96.2 Å². The number of nitrogens with one attached hydrogen (secondary N) is 1. The van der Waals surface area contributed by atoms with Gasteiger partial charge in [-0.2, -0.15) is 5.26 Å². The lowest BCUT2D eigenvalue weighted by Gasteiger charge is -2.06. The molecule has 0 saturated carbocycles. The average molecular weight is 478 g/mol. The van der Waals surface area contributed by atoms with Crippen molar-refractivity contribution < 1.29 is 4.42 Å². The molecule has 0 spiro atoms. The predicted octanol–water partition coefficient (Wildman–Crippen LogP) is 5.06. The first-order valence-electron chi connectivity index (χ1n) is 10.8. The van der Waals surface area contributed by atoms with Gasteiger partial charge in [-0.3, -0.25) is 9.20 Å². The van der Waals surface area contributed by atoms with Gasteiger partial charge in [0.25, 0.3) is 5.56 Å². The quantitative estimate of drug-likeness (QED) is 0.383. The van der Waals surface area contributed by atoms with Gasteiger partial charge in [0.2, 0.25) is 5.89 Å². The van der Waals surface area contributed by atoms with Gasteiger partial charge < -0.3 is 9.73 Å². The van der Waals surface area contributed by atoms with Gasteiger partial charge in [-0.05, 0) is 55.0 Å². The second kappa shape index (κ2) is 7.97.